The Morgan fingerprint density at radius 2 is 1.94 bits per heavy atom. The molecule has 0 radical (unpaired) electrons. The highest BCUT2D eigenvalue weighted by atomic mass is 16.5. The second kappa shape index (κ2) is 8.05. The van der Waals surface area contributed by atoms with Crippen molar-refractivity contribution in [3.8, 4) is 5.88 Å². The fourth-order valence-electron chi connectivity index (χ4n) is 1.41. The number of aromatic nitrogens is 2. The van der Waals surface area contributed by atoms with E-state index in [-0.39, 0.29) is 0 Å². The van der Waals surface area contributed by atoms with Crippen LogP contribution < -0.4 is 10.5 Å². The Hall–Kier alpha value is -1.16. The molecule has 0 saturated carbocycles. The highest BCUT2D eigenvalue weighted by molar-refractivity contribution is 5.06. The third-order valence-corrected chi connectivity index (χ3v) is 2.39. The fraction of sp³-hybridized carbons (Fsp3) is 0.667. The summed E-state index contributed by atoms with van der Waals surface area (Å²) in [5.74, 6) is 0.590. The maximum absolute atomic E-state index is 5.47. The summed E-state index contributed by atoms with van der Waals surface area (Å²) in [5, 5.41) is 0. The molecule has 0 spiro atoms. The molecule has 0 atom stereocenters. The van der Waals surface area contributed by atoms with Gasteiger partial charge in [0, 0.05) is 6.54 Å². The van der Waals surface area contributed by atoms with Crippen LogP contribution in [0.1, 0.15) is 44.7 Å². The van der Waals surface area contributed by atoms with E-state index in [4.69, 9.17) is 10.5 Å². The molecule has 0 saturated heterocycles. The first-order valence-corrected chi connectivity index (χ1v) is 6.00. The number of nitrogens with zero attached hydrogens (tertiary/aromatic N) is 2. The van der Waals surface area contributed by atoms with Gasteiger partial charge in [-0.25, -0.2) is 4.98 Å². The molecule has 1 aromatic heterocycles. The van der Waals surface area contributed by atoms with Crippen molar-refractivity contribution in [1.29, 1.82) is 0 Å². The Kier molecular flexibility index (Phi) is 6.49. The minimum atomic E-state index is 0.421. The number of ether oxygens (including phenoxy) is 1. The van der Waals surface area contributed by atoms with Gasteiger partial charge >= 0.3 is 0 Å². The molecule has 1 heterocycles. The van der Waals surface area contributed by atoms with Crippen molar-refractivity contribution in [3.05, 3.63) is 18.1 Å². The number of unbranched alkanes of at least 4 members (excludes halogenated alkanes) is 4. The predicted molar refractivity (Wildman–Crippen MR) is 64.2 cm³/mol. The van der Waals surface area contributed by atoms with Gasteiger partial charge < -0.3 is 10.5 Å². The van der Waals surface area contributed by atoms with Gasteiger partial charge in [-0.3, -0.25) is 4.98 Å². The van der Waals surface area contributed by atoms with Crippen LogP contribution in [0.3, 0.4) is 0 Å². The smallest absolute Gasteiger partial charge is 0.232 e. The van der Waals surface area contributed by atoms with E-state index in [0.29, 0.717) is 12.4 Å². The van der Waals surface area contributed by atoms with Gasteiger partial charge in [-0.05, 0) is 6.42 Å². The topological polar surface area (TPSA) is 61.0 Å². The second-order valence-corrected chi connectivity index (χ2v) is 3.81. The summed E-state index contributed by atoms with van der Waals surface area (Å²) in [4.78, 5) is 8.23. The Morgan fingerprint density at radius 1 is 1.12 bits per heavy atom. The summed E-state index contributed by atoms with van der Waals surface area (Å²) in [7, 11) is 0. The van der Waals surface area contributed by atoms with Crippen molar-refractivity contribution in [2.75, 3.05) is 6.61 Å². The zero-order valence-electron chi connectivity index (χ0n) is 9.98. The maximum atomic E-state index is 5.47. The third kappa shape index (κ3) is 5.07. The molecule has 0 aliphatic heterocycles. The van der Waals surface area contributed by atoms with Crippen LogP contribution in [0.2, 0.25) is 0 Å². The van der Waals surface area contributed by atoms with Crippen molar-refractivity contribution in [2.24, 2.45) is 5.73 Å². The van der Waals surface area contributed by atoms with Crippen molar-refractivity contribution < 1.29 is 4.74 Å². The Labute approximate surface area is 97.2 Å². The van der Waals surface area contributed by atoms with Gasteiger partial charge in [0.25, 0.3) is 0 Å². The van der Waals surface area contributed by atoms with Crippen molar-refractivity contribution >= 4 is 0 Å². The molecule has 0 amide bonds. The van der Waals surface area contributed by atoms with E-state index in [0.717, 1.165) is 18.7 Å². The SMILES string of the molecule is CCCCCCCOc1cnc(CN)cn1. The molecule has 2 N–H and O–H groups in total. The van der Waals surface area contributed by atoms with E-state index in [1.54, 1.807) is 12.4 Å². The van der Waals surface area contributed by atoms with Crippen LogP contribution in [0.5, 0.6) is 5.88 Å². The minimum absolute atomic E-state index is 0.421. The first-order valence-electron chi connectivity index (χ1n) is 6.00. The highest BCUT2D eigenvalue weighted by Gasteiger charge is 1.97. The standard InChI is InChI=1S/C12H21N3O/c1-2-3-4-5-6-7-16-12-10-14-11(8-13)9-15-12/h9-10H,2-8,13H2,1H3. The molecule has 0 aliphatic rings. The summed E-state index contributed by atoms with van der Waals surface area (Å²) in [5.41, 5.74) is 6.21. The maximum Gasteiger partial charge on any atom is 0.232 e. The van der Waals surface area contributed by atoms with Crippen LogP contribution in [0.15, 0.2) is 12.4 Å². The van der Waals surface area contributed by atoms with Crippen LogP contribution in [-0.4, -0.2) is 16.6 Å². The lowest BCUT2D eigenvalue weighted by Crippen LogP contribution is -2.03. The molecule has 0 fully saturated rings. The van der Waals surface area contributed by atoms with E-state index in [2.05, 4.69) is 16.9 Å². The third-order valence-electron chi connectivity index (χ3n) is 2.39. The number of hydrogen-bond acceptors (Lipinski definition) is 4. The molecule has 0 bridgehead atoms. The molecule has 0 aromatic carbocycles. The van der Waals surface area contributed by atoms with E-state index in [9.17, 15) is 0 Å². The Morgan fingerprint density at radius 3 is 2.56 bits per heavy atom. The zero-order valence-corrected chi connectivity index (χ0v) is 9.98. The Bertz CT molecular complexity index is 274. The van der Waals surface area contributed by atoms with Crippen LogP contribution in [0.25, 0.3) is 0 Å². The lowest BCUT2D eigenvalue weighted by atomic mass is 10.2. The lowest BCUT2D eigenvalue weighted by molar-refractivity contribution is 0.292. The van der Waals surface area contributed by atoms with Gasteiger partial charge in [-0.15, -0.1) is 0 Å². The molecule has 1 rings (SSSR count). The molecule has 4 nitrogen and oxygen atoms in total. The zero-order chi connectivity index (χ0) is 11.6. The van der Waals surface area contributed by atoms with Crippen molar-refractivity contribution in [1.82, 2.24) is 9.97 Å². The van der Waals surface area contributed by atoms with Crippen molar-refractivity contribution in [3.63, 3.8) is 0 Å². The lowest BCUT2D eigenvalue weighted by Gasteiger charge is -2.04. The van der Waals surface area contributed by atoms with E-state index >= 15 is 0 Å². The number of hydrogen-bond donors (Lipinski definition) is 1. The highest BCUT2D eigenvalue weighted by Crippen LogP contribution is 2.06. The summed E-state index contributed by atoms with van der Waals surface area (Å²) in [6, 6.07) is 0. The van der Waals surface area contributed by atoms with Gasteiger partial charge in [0.1, 0.15) is 0 Å². The van der Waals surface area contributed by atoms with Gasteiger partial charge in [0.2, 0.25) is 5.88 Å². The van der Waals surface area contributed by atoms with E-state index < -0.39 is 0 Å². The van der Waals surface area contributed by atoms with Crippen LogP contribution in [0, 0.1) is 0 Å². The quantitative estimate of drug-likeness (QED) is 0.687. The van der Waals surface area contributed by atoms with Gasteiger partial charge in [0.15, 0.2) is 0 Å². The average molecular weight is 223 g/mol. The molecule has 1 aromatic rings. The average Bonchev–Trinajstić information content (AvgIpc) is 2.34. The molecule has 4 heteroatoms. The van der Waals surface area contributed by atoms with Gasteiger partial charge in [0.05, 0.1) is 24.7 Å². The monoisotopic (exact) mass is 223 g/mol. The summed E-state index contributed by atoms with van der Waals surface area (Å²) in [6.45, 7) is 3.36. The molecular weight excluding hydrogens is 202 g/mol. The largest absolute Gasteiger partial charge is 0.477 e. The van der Waals surface area contributed by atoms with Gasteiger partial charge in [-0.2, -0.15) is 0 Å². The summed E-state index contributed by atoms with van der Waals surface area (Å²) >= 11 is 0. The normalized spacial score (nSPS) is 10.4. The molecular formula is C12H21N3O. The fourth-order valence-corrected chi connectivity index (χ4v) is 1.41. The minimum Gasteiger partial charge on any atom is -0.477 e. The van der Waals surface area contributed by atoms with E-state index in [1.165, 1.54) is 25.7 Å². The van der Waals surface area contributed by atoms with E-state index in [1.807, 2.05) is 0 Å². The van der Waals surface area contributed by atoms with Crippen LogP contribution in [-0.2, 0) is 6.54 Å². The summed E-state index contributed by atoms with van der Waals surface area (Å²) < 4.78 is 5.47. The molecule has 0 unspecified atom stereocenters. The first-order chi connectivity index (χ1) is 7.86. The van der Waals surface area contributed by atoms with Crippen LogP contribution in [0.4, 0.5) is 0 Å². The predicted octanol–water partition coefficient (Wildman–Crippen LogP) is 2.28. The Balaban J connectivity index is 2.12. The number of nitrogens with two attached hydrogens (primary N) is 1. The number of rotatable bonds is 8. The first kappa shape index (κ1) is 12.9. The molecule has 0 aliphatic carbocycles. The summed E-state index contributed by atoms with van der Waals surface area (Å²) in [6.07, 6.45) is 9.47. The van der Waals surface area contributed by atoms with Crippen LogP contribution >= 0.6 is 0 Å². The van der Waals surface area contributed by atoms with Gasteiger partial charge in [-0.1, -0.05) is 32.6 Å². The van der Waals surface area contributed by atoms with Crippen molar-refractivity contribution in [2.45, 2.75) is 45.6 Å². The molecule has 16 heavy (non-hydrogen) atoms. The molecule has 90 valence electrons. The second-order valence-electron chi connectivity index (χ2n) is 3.81.